The summed E-state index contributed by atoms with van der Waals surface area (Å²) in [5.74, 6) is 0.530. The van der Waals surface area contributed by atoms with Gasteiger partial charge in [-0.25, -0.2) is 0 Å². The van der Waals surface area contributed by atoms with Crippen molar-refractivity contribution < 1.29 is 19.4 Å². The summed E-state index contributed by atoms with van der Waals surface area (Å²) in [6.45, 7) is 11.0. The molecule has 0 spiro atoms. The van der Waals surface area contributed by atoms with E-state index in [4.69, 9.17) is 4.74 Å². The number of hydrogen-bond acceptors (Lipinski definition) is 6. The molecule has 0 bridgehead atoms. The van der Waals surface area contributed by atoms with E-state index in [9.17, 15) is 14.7 Å². The second kappa shape index (κ2) is 12.2. The van der Waals surface area contributed by atoms with Crippen LogP contribution in [0.15, 0.2) is 0 Å². The van der Waals surface area contributed by atoms with Gasteiger partial charge in [0.05, 0.1) is 6.61 Å². The van der Waals surface area contributed by atoms with Gasteiger partial charge in [-0.1, -0.05) is 48.2 Å². The summed E-state index contributed by atoms with van der Waals surface area (Å²) in [6.07, 6.45) is 0.889. The second-order valence-corrected chi connectivity index (χ2v) is 15.7. The van der Waals surface area contributed by atoms with E-state index in [1.54, 1.807) is 35.6 Å². The summed E-state index contributed by atoms with van der Waals surface area (Å²) in [4.78, 5) is 24.7. The maximum Gasteiger partial charge on any atom is 0.305 e. The van der Waals surface area contributed by atoms with E-state index in [-0.39, 0.29) is 11.9 Å². The molecule has 0 aromatic rings. The molecule has 0 aromatic carbocycles. The van der Waals surface area contributed by atoms with Gasteiger partial charge in [0.25, 0.3) is 0 Å². The van der Waals surface area contributed by atoms with Crippen molar-refractivity contribution in [1.29, 1.82) is 0 Å². The van der Waals surface area contributed by atoms with E-state index in [1.165, 1.54) is 4.90 Å². The van der Waals surface area contributed by atoms with Crippen LogP contribution in [-0.4, -0.2) is 60.8 Å². The van der Waals surface area contributed by atoms with Crippen LogP contribution < -0.4 is 0 Å². The van der Waals surface area contributed by atoms with Gasteiger partial charge in [-0.05, 0) is 19.4 Å². The van der Waals surface area contributed by atoms with E-state index in [2.05, 4.69) is 26.6 Å². The predicted octanol–water partition coefficient (Wildman–Crippen LogP) is 3.60. The molecule has 0 saturated carbocycles. The van der Waals surface area contributed by atoms with Crippen molar-refractivity contribution in [2.24, 2.45) is 0 Å². The predicted molar refractivity (Wildman–Crippen MR) is 107 cm³/mol. The fourth-order valence-electron chi connectivity index (χ4n) is 1.59. The minimum atomic E-state index is -1.15. The molecule has 0 saturated heterocycles. The Morgan fingerprint density at radius 3 is 2.38 bits per heavy atom. The molecule has 0 heterocycles. The van der Waals surface area contributed by atoms with Gasteiger partial charge >= 0.3 is 5.97 Å². The van der Waals surface area contributed by atoms with Crippen LogP contribution in [0.1, 0.15) is 33.1 Å². The van der Waals surface area contributed by atoms with E-state index in [0.29, 0.717) is 30.5 Å². The third-order valence-corrected chi connectivity index (χ3v) is 8.12. The summed E-state index contributed by atoms with van der Waals surface area (Å²) in [5, 5.41) is 9.65. The lowest BCUT2D eigenvalue weighted by atomic mass is 10.2. The molecule has 2 unspecified atom stereocenters. The normalized spacial score (nSPS) is 14.1. The first-order valence-electron chi connectivity index (χ1n) is 8.40. The Morgan fingerprint density at radius 1 is 1.21 bits per heavy atom. The minimum absolute atomic E-state index is 0.0586. The van der Waals surface area contributed by atoms with Crippen LogP contribution in [0, 0.1) is 0 Å². The molecule has 0 radical (unpaired) electrons. The van der Waals surface area contributed by atoms with Crippen molar-refractivity contribution in [2.45, 2.75) is 70.3 Å². The van der Waals surface area contributed by atoms with Crippen LogP contribution >= 0.6 is 21.6 Å². The van der Waals surface area contributed by atoms with E-state index >= 15 is 0 Å². The summed E-state index contributed by atoms with van der Waals surface area (Å²) >= 11 is 0. The number of hydrogen-bond donors (Lipinski definition) is 1. The zero-order chi connectivity index (χ0) is 18.8. The summed E-state index contributed by atoms with van der Waals surface area (Å²) in [5.41, 5.74) is 0. The molecule has 24 heavy (non-hydrogen) atoms. The number of aliphatic hydroxyl groups is 1. The van der Waals surface area contributed by atoms with Gasteiger partial charge < -0.3 is 14.7 Å². The molecule has 0 fully saturated rings. The topological polar surface area (TPSA) is 66.8 Å². The summed E-state index contributed by atoms with van der Waals surface area (Å²) in [6, 6.07) is 1.01. The maximum atomic E-state index is 11.7. The van der Waals surface area contributed by atoms with Gasteiger partial charge in [-0.15, -0.1) is 0 Å². The molecule has 1 amide bonds. The number of rotatable bonds is 12. The van der Waals surface area contributed by atoms with Crippen molar-refractivity contribution in [2.75, 3.05) is 19.4 Å². The molecule has 0 aliphatic heterocycles. The highest BCUT2D eigenvalue weighted by molar-refractivity contribution is 8.76. The highest BCUT2D eigenvalue weighted by Crippen LogP contribution is 2.30. The van der Waals surface area contributed by atoms with Gasteiger partial charge in [-0.2, -0.15) is 0 Å². The monoisotopic (exact) mass is 395 g/mol. The molecule has 0 aliphatic rings. The molecule has 8 heteroatoms. The molecule has 5 nitrogen and oxygen atoms in total. The Labute approximate surface area is 155 Å². The van der Waals surface area contributed by atoms with Gasteiger partial charge in [0.1, 0.15) is 6.23 Å². The van der Waals surface area contributed by atoms with Crippen LogP contribution in [0.4, 0.5) is 0 Å². The second-order valence-electron chi connectivity index (χ2n) is 7.19. The molecular formula is C16H33NO4S2Si. The standard InChI is InChI=1S/C16H33NO4S2Si/c1-13(7-8-16(20)21-10-12-24(4,5)6)23-22-11-9-15(19)17(3)14(2)18/h13-14,18H,7-12H2,1-6H3. The number of amides is 1. The number of nitrogens with zero attached hydrogens (tertiary/aromatic N) is 1. The highest BCUT2D eigenvalue weighted by Gasteiger charge is 2.15. The van der Waals surface area contributed by atoms with Crippen molar-refractivity contribution >= 4 is 41.5 Å². The largest absolute Gasteiger partial charge is 0.466 e. The Morgan fingerprint density at radius 2 is 1.83 bits per heavy atom. The third kappa shape index (κ3) is 13.1. The minimum Gasteiger partial charge on any atom is -0.466 e. The van der Waals surface area contributed by atoms with Crippen molar-refractivity contribution in [3.63, 3.8) is 0 Å². The Kier molecular flexibility index (Phi) is 12.1. The Hall–Kier alpha value is -0.183. The number of esters is 1. The molecule has 142 valence electrons. The molecular weight excluding hydrogens is 362 g/mol. The Bertz CT molecular complexity index is 389. The smallest absolute Gasteiger partial charge is 0.305 e. The van der Waals surface area contributed by atoms with Gasteiger partial charge in [0, 0.05) is 39.0 Å². The third-order valence-electron chi connectivity index (χ3n) is 3.46. The maximum absolute atomic E-state index is 11.7. The van der Waals surface area contributed by atoms with E-state index in [1.807, 2.05) is 0 Å². The zero-order valence-electron chi connectivity index (χ0n) is 15.8. The summed E-state index contributed by atoms with van der Waals surface area (Å²) < 4.78 is 5.28. The van der Waals surface area contributed by atoms with Crippen LogP contribution in [0.5, 0.6) is 0 Å². The Balaban J connectivity index is 3.71. The first-order valence-corrected chi connectivity index (χ1v) is 14.5. The van der Waals surface area contributed by atoms with Crippen molar-refractivity contribution in [3.8, 4) is 0 Å². The quantitative estimate of drug-likeness (QED) is 0.179. The van der Waals surface area contributed by atoms with Gasteiger partial charge in [0.2, 0.25) is 5.91 Å². The molecule has 0 aromatic heterocycles. The van der Waals surface area contributed by atoms with Crippen LogP contribution in [-0.2, 0) is 14.3 Å². The molecule has 2 atom stereocenters. The lowest BCUT2D eigenvalue weighted by Crippen LogP contribution is -2.34. The van der Waals surface area contributed by atoms with Crippen LogP contribution in [0.25, 0.3) is 0 Å². The summed E-state index contributed by atoms with van der Waals surface area (Å²) in [7, 11) is 3.78. The average molecular weight is 396 g/mol. The van der Waals surface area contributed by atoms with E-state index < -0.39 is 14.3 Å². The van der Waals surface area contributed by atoms with E-state index in [0.717, 1.165) is 12.5 Å². The SMILES string of the molecule is CC(CCC(=O)OCC[Si](C)(C)C)SSCCC(=O)N(C)C(C)O. The van der Waals surface area contributed by atoms with Gasteiger partial charge in [-0.3, -0.25) is 9.59 Å². The number of ether oxygens (including phenoxy) is 1. The zero-order valence-corrected chi connectivity index (χ0v) is 18.5. The first-order chi connectivity index (χ1) is 11.0. The van der Waals surface area contributed by atoms with Crippen LogP contribution in [0.2, 0.25) is 25.7 Å². The van der Waals surface area contributed by atoms with Crippen molar-refractivity contribution in [3.05, 3.63) is 0 Å². The average Bonchev–Trinajstić information content (AvgIpc) is 2.47. The molecule has 0 aliphatic carbocycles. The fraction of sp³-hybridized carbons (Fsp3) is 0.875. The number of aliphatic hydroxyl groups excluding tert-OH is 1. The lowest BCUT2D eigenvalue weighted by Gasteiger charge is -2.20. The fourth-order valence-corrected chi connectivity index (χ4v) is 4.63. The lowest BCUT2D eigenvalue weighted by molar-refractivity contribution is -0.143. The molecule has 1 N–H and O–H groups in total. The van der Waals surface area contributed by atoms with Crippen LogP contribution in [0.3, 0.4) is 0 Å². The molecule has 0 rings (SSSR count). The highest BCUT2D eigenvalue weighted by atomic mass is 33.1. The van der Waals surface area contributed by atoms with Gasteiger partial charge in [0.15, 0.2) is 0 Å². The number of carbonyl (C=O) groups excluding carboxylic acids is 2. The number of carbonyl (C=O) groups is 2. The van der Waals surface area contributed by atoms with Crippen molar-refractivity contribution in [1.82, 2.24) is 4.90 Å². The first kappa shape index (κ1) is 23.8.